The number of carbonyl (C=O) groups excluding carboxylic acids is 1. The minimum atomic E-state index is 0.0377. The van der Waals surface area contributed by atoms with E-state index in [0.717, 1.165) is 22.6 Å². The largest absolute Gasteiger partial charge is 0.454 e. The average molecular weight is 247 g/mol. The molecule has 0 fully saturated rings. The van der Waals surface area contributed by atoms with Crippen LogP contribution in [0, 0.1) is 0 Å². The van der Waals surface area contributed by atoms with Crippen LogP contribution in [0.25, 0.3) is 0 Å². The SMILES string of the molecule is C=C(C)CNC(=O)CCc1ccc2c(c1)OCO2. The molecular weight excluding hydrogens is 230 g/mol. The third kappa shape index (κ3) is 3.26. The number of nitrogens with one attached hydrogen (secondary N) is 1. The van der Waals surface area contributed by atoms with Crippen molar-refractivity contribution in [2.24, 2.45) is 0 Å². The van der Waals surface area contributed by atoms with E-state index in [1.165, 1.54) is 0 Å². The van der Waals surface area contributed by atoms with Crippen LogP contribution in [-0.4, -0.2) is 19.2 Å². The quantitative estimate of drug-likeness (QED) is 0.810. The van der Waals surface area contributed by atoms with Gasteiger partial charge in [-0.05, 0) is 31.0 Å². The Kier molecular flexibility index (Phi) is 3.87. The fourth-order valence-electron chi connectivity index (χ4n) is 1.69. The first kappa shape index (κ1) is 12.5. The zero-order valence-corrected chi connectivity index (χ0v) is 10.5. The van der Waals surface area contributed by atoms with E-state index in [-0.39, 0.29) is 12.7 Å². The van der Waals surface area contributed by atoms with E-state index >= 15 is 0 Å². The summed E-state index contributed by atoms with van der Waals surface area (Å²) < 4.78 is 10.5. The van der Waals surface area contributed by atoms with E-state index in [9.17, 15) is 4.79 Å². The second-order valence-electron chi connectivity index (χ2n) is 4.42. The van der Waals surface area contributed by atoms with E-state index < -0.39 is 0 Å². The molecule has 0 aromatic heterocycles. The number of fused-ring (bicyclic) bond motifs is 1. The van der Waals surface area contributed by atoms with Crippen molar-refractivity contribution in [1.29, 1.82) is 0 Å². The monoisotopic (exact) mass is 247 g/mol. The first-order chi connectivity index (χ1) is 8.65. The number of hydrogen-bond donors (Lipinski definition) is 1. The fourth-order valence-corrected chi connectivity index (χ4v) is 1.69. The first-order valence-electron chi connectivity index (χ1n) is 5.95. The van der Waals surface area contributed by atoms with E-state index in [1.807, 2.05) is 25.1 Å². The Morgan fingerprint density at radius 2 is 2.17 bits per heavy atom. The van der Waals surface area contributed by atoms with Crippen LogP contribution in [0.5, 0.6) is 11.5 Å². The minimum absolute atomic E-state index is 0.0377. The van der Waals surface area contributed by atoms with Crippen LogP contribution in [0.4, 0.5) is 0 Å². The van der Waals surface area contributed by atoms with Gasteiger partial charge in [0.05, 0.1) is 0 Å². The van der Waals surface area contributed by atoms with Crippen LogP contribution < -0.4 is 14.8 Å². The summed E-state index contributed by atoms with van der Waals surface area (Å²) in [5.74, 6) is 1.57. The lowest BCUT2D eigenvalue weighted by Crippen LogP contribution is -2.24. The molecule has 0 unspecified atom stereocenters. The standard InChI is InChI=1S/C14H17NO3/c1-10(2)8-15-14(16)6-4-11-3-5-12-13(7-11)18-9-17-12/h3,5,7H,1,4,6,8-9H2,2H3,(H,15,16). The highest BCUT2D eigenvalue weighted by Gasteiger charge is 2.13. The van der Waals surface area contributed by atoms with Gasteiger partial charge in [-0.25, -0.2) is 0 Å². The van der Waals surface area contributed by atoms with E-state index in [2.05, 4.69) is 11.9 Å². The molecule has 0 saturated heterocycles. The summed E-state index contributed by atoms with van der Waals surface area (Å²) in [6, 6.07) is 5.76. The Hall–Kier alpha value is -1.97. The lowest BCUT2D eigenvalue weighted by Gasteiger charge is -2.05. The van der Waals surface area contributed by atoms with Gasteiger partial charge in [-0.1, -0.05) is 18.2 Å². The van der Waals surface area contributed by atoms with Crippen LogP contribution in [-0.2, 0) is 11.2 Å². The van der Waals surface area contributed by atoms with Crippen LogP contribution in [0.15, 0.2) is 30.4 Å². The number of benzene rings is 1. The highest BCUT2D eigenvalue weighted by molar-refractivity contribution is 5.76. The van der Waals surface area contributed by atoms with Crippen molar-refractivity contribution < 1.29 is 14.3 Å². The number of ether oxygens (including phenoxy) is 2. The molecule has 1 aliphatic heterocycles. The maximum Gasteiger partial charge on any atom is 0.231 e. The highest BCUT2D eigenvalue weighted by atomic mass is 16.7. The summed E-state index contributed by atoms with van der Waals surface area (Å²) in [5, 5.41) is 2.81. The zero-order chi connectivity index (χ0) is 13.0. The summed E-state index contributed by atoms with van der Waals surface area (Å²) in [5.41, 5.74) is 2.02. The molecule has 2 rings (SSSR count). The molecule has 1 aromatic rings. The van der Waals surface area contributed by atoms with E-state index in [0.29, 0.717) is 19.4 Å². The van der Waals surface area contributed by atoms with Crippen molar-refractivity contribution in [3.8, 4) is 11.5 Å². The molecule has 18 heavy (non-hydrogen) atoms. The van der Waals surface area contributed by atoms with Crippen molar-refractivity contribution in [3.05, 3.63) is 35.9 Å². The predicted molar refractivity (Wildman–Crippen MR) is 68.7 cm³/mol. The molecular formula is C14H17NO3. The molecule has 0 aliphatic carbocycles. The van der Waals surface area contributed by atoms with Gasteiger partial charge in [-0.15, -0.1) is 0 Å². The molecule has 1 aromatic carbocycles. The topological polar surface area (TPSA) is 47.6 Å². The minimum Gasteiger partial charge on any atom is -0.454 e. The van der Waals surface area contributed by atoms with Gasteiger partial charge in [0.15, 0.2) is 11.5 Å². The fraction of sp³-hybridized carbons (Fsp3) is 0.357. The van der Waals surface area contributed by atoms with Crippen LogP contribution in [0.3, 0.4) is 0 Å². The first-order valence-corrected chi connectivity index (χ1v) is 5.95. The molecule has 1 N–H and O–H groups in total. The van der Waals surface area contributed by atoms with Crippen LogP contribution >= 0.6 is 0 Å². The van der Waals surface area contributed by atoms with Crippen molar-refractivity contribution in [3.63, 3.8) is 0 Å². The molecule has 1 aliphatic rings. The number of hydrogen-bond acceptors (Lipinski definition) is 3. The van der Waals surface area contributed by atoms with E-state index in [1.54, 1.807) is 0 Å². The maximum absolute atomic E-state index is 11.5. The second-order valence-corrected chi connectivity index (χ2v) is 4.42. The van der Waals surface area contributed by atoms with Crippen molar-refractivity contribution in [2.75, 3.05) is 13.3 Å². The average Bonchev–Trinajstić information content (AvgIpc) is 2.81. The summed E-state index contributed by atoms with van der Waals surface area (Å²) >= 11 is 0. The van der Waals surface area contributed by atoms with Crippen molar-refractivity contribution >= 4 is 5.91 Å². The Labute approximate surface area is 107 Å². The second kappa shape index (κ2) is 5.58. The molecule has 0 spiro atoms. The third-order valence-electron chi connectivity index (χ3n) is 2.67. The maximum atomic E-state index is 11.5. The Bertz CT molecular complexity index is 468. The van der Waals surface area contributed by atoms with Gasteiger partial charge < -0.3 is 14.8 Å². The lowest BCUT2D eigenvalue weighted by molar-refractivity contribution is -0.120. The third-order valence-corrected chi connectivity index (χ3v) is 2.67. The zero-order valence-electron chi connectivity index (χ0n) is 10.5. The van der Waals surface area contributed by atoms with Gasteiger partial charge >= 0.3 is 0 Å². The Morgan fingerprint density at radius 1 is 1.39 bits per heavy atom. The molecule has 0 radical (unpaired) electrons. The highest BCUT2D eigenvalue weighted by Crippen LogP contribution is 2.32. The molecule has 1 amide bonds. The van der Waals surface area contributed by atoms with Gasteiger partial charge in [0, 0.05) is 13.0 Å². The number of carbonyl (C=O) groups is 1. The summed E-state index contributed by atoms with van der Waals surface area (Å²) in [4.78, 5) is 11.5. The number of rotatable bonds is 5. The van der Waals surface area contributed by atoms with Gasteiger partial charge in [0.2, 0.25) is 12.7 Å². The van der Waals surface area contributed by atoms with Crippen LogP contribution in [0.1, 0.15) is 18.9 Å². The summed E-state index contributed by atoms with van der Waals surface area (Å²) in [6.07, 6.45) is 1.16. The van der Waals surface area contributed by atoms with Gasteiger partial charge in [0.1, 0.15) is 0 Å². The molecule has 4 heteroatoms. The predicted octanol–water partition coefficient (Wildman–Crippen LogP) is 2.04. The summed E-state index contributed by atoms with van der Waals surface area (Å²) in [7, 11) is 0. The molecule has 0 atom stereocenters. The molecule has 0 bridgehead atoms. The normalized spacial score (nSPS) is 12.3. The number of amides is 1. The van der Waals surface area contributed by atoms with Crippen LogP contribution in [0.2, 0.25) is 0 Å². The van der Waals surface area contributed by atoms with Crippen molar-refractivity contribution in [2.45, 2.75) is 19.8 Å². The number of aryl methyl sites for hydroxylation is 1. The molecule has 4 nitrogen and oxygen atoms in total. The van der Waals surface area contributed by atoms with Crippen molar-refractivity contribution in [1.82, 2.24) is 5.32 Å². The van der Waals surface area contributed by atoms with E-state index in [4.69, 9.17) is 9.47 Å². The van der Waals surface area contributed by atoms with Gasteiger partial charge in [0.25, 0.3) is 0 Å². The smallest absolute Gasteiger partial charge is 0.231 e. The van der Waals surface area contributed by atoms with Gasteiger partial charge in [-0.2, -0.15) is 0 Å². The Morgan fingerprint density at radius 3 is 2.94 bits per heavy atom. The summed E-state index contributed by atoms with van der Waals surface area (Å²) in [6.45, 7) is 6.44. The Balaban J connectivity index is 1.83. The lowest BCUT2D eigenvalue weighted by atomic mass is 10.1. The molecule has 1 heterocycles. The van der Waals surface area contributed by atoms with Gasteiger partial charge in [-0.3, -0.25) is 4.79 Å². The molecule has 0 saturated carbocycles. The molecule has 96 valence electrons.